The van der Waals surface area contributed by atoms with Crippen molar-refractivity contribution in [3.8, 4) is 0 Å². The second-order valence-corrected chi connectivity index (χ2v) is 6.48. The Hall–Kier alpha value is -1.16. The molecule has 1 aromatic rings. The van der Waals surface area contributed by atoms with E-state index in [1.807, 2.05) is 0 Å². The smallest absolute Gasteiger partial charge is 0.245 e. The van der Waals surface area contributed by atoms with Crippen LogP contribution in [0.15, 0.2) is 11.1 Å². The van der Waals surface area contributed by atoms with Crippen LogP contribution in [0.5, 0.6) is 0 Å². The maximum atomic E-state index is 12.1. The zero-order valence-corrected chi connectivity index (χ0v) is 11.6. The molecule has 4 N–H and O–H groups in total. The van der Waals surface area contributed by atoms with Crippen LogP contribution in [0.3, 0.4) is 0 Å². The summed E-state index contributed by atoms with van der Waals surface area (Å²) in [6, 6.07) is 0. The molecule has 9 heteroatoms. The summed E-state index contributed by atoms with van der Waals surface area (Å²) in [5, 5.41) is 14.0. The lowest BCUT2D eigenvalue weighted by Gasteiger charge is -2.25. The summed E-state index contributed by atoms with van der Waals surface area (Å²) in [6.45, 7) is 2.00. The van der Waals surface area contributed by atoms with E-state index < -0.39 is 21.7 Å². The average Bonchev–Trinajstić information content (AvgIpc) is 2.82. The number of aromatic nitrogens is 2. The number of aryl methyl sites for hydroxylation is 1. The lowest BCUT2D eigenvalue weighted by atomic mass is 9.97. The van der Waals surface area contributed by atoms with Crippen LogP contribution < -0.4 is 10.5 Å². The largest absolute Gasteiger partial charge is 0.386 e. The first-order chi connectivity index (χ1) is 8.74. The molecule has 0 saturated carbocycles. The number of ether oxygens (including phenoxy) is 1. The Bertz CT molecular complexity index is 570. The fraction of sp³-hybridized carbons (Fsp3) is 0.700. The van der Waals surface area contributed by atoms with E-state index in [0.717, 1.165) is 0 Å². The van der Waals surface area contributed by atoms with Crippen LogP contribution in [-0.4, -0.2) is 48.2 Å². The molecular formula is C10H18N4O4S. The molecule has 2 atom stereocenters. The van der Waals surface area contributed by atoms with Crippen molar-refractivity contribution in [3.05, 3.63) is 6.20 Å². The van der Waals surface area contributed by atoms with Crippen LogP contribution in [-0.2, 0) is 21.8 Å². The second-order valence-electron chi connectivity index (χ2n) is 4.74. The molecule has 0 radical (unpaired) electrons. The summed E-state index contributed by atoms with van der Waals surface area (Å²) in [6.07, 6.45) is 1.29. The highest BCUT2D eigenvalue weighted by molar-refractivity contribution is 7.89. The molecule has 1 aliphatic heterocycles. The molecule has 1 aromatic heterocycles. The Balaban J connectivity index is 2.12. The number of hydrogen-bond donors (Lipinski definition) is 3. The van der Waals surface area contributed by atoms with E-state index in [9.17, 15) is 13.5 Å². The normalized spacial score (nSPS) is 27.8. The van der Waals surface area contributed by atoms with E-state index in [2.05, 4.69) is 9.82 Å². The van der Waals surface area contributed by atoms with Gasteiger partial charge in [-0.15, -0.1) is 0 Å². The van der Waals surface area contributed by atoms with Gasteiger partial charge in [-0.3, -0.25) is 4.68 Å². The number of sulfonamides is 1. The van der Waals surface area contributed by atoms with Crippen molar-refractivity contribution in [2.24, 2.45) is 7.05 Å². The standard InChI is InChI=1S/C10H18N4O4S/c1-7-10(15,3-4-18-7)6-12-19(16,17)8-5-14(2)13-9(8)11/h5,7,12,15H,3-4,6H2,1-2H3,(H2,11,13). The summed E-state index contributed by atoms with van der Waals surface area (Å²) >= 11 is 0. The van der Waals surface area contributed by atoms with Gasteiger partial charge in [0, 0.05) is 32.8 Å². The van der Waals surface area contributed by atoms with Crippen LogP contribution in [0, 0.1) is 0 Å². The Morgan fingerprint density at radius 3 is 2.89 bits per heavy atom. The highest BCUT2D eigenvalue weighted by atomic mass is 32.2. The van der Waals surface area contributed by atoms with Gasteiger partial charge in [0.2, 0.25) is 10.0 Å². The SMILES string of the molecule is CC1OCCC1(O)CNS(=O)(=O)c1cn(C)nc1N. The third-order valence-corrected chi connectivity index (χ3v) is 4.76. The third kappa shape index (κ3) is 2.73. The molecule has 108 valence electrons. The van der Waals surface area contributed by atoms with Gasteiger partial charge >= 0.3 is 0 Å². The Morgan fingerprint density at radius 2 is 2.42 bits per heavy atom. The van der Waals surface area contributed by atoms with Gasteiger partial charge in [-0.25, -0.2) is 13.1 Å². The Labute approximate surface area is 111 Å². The van der Waals surface area contributed by atoms with Gasteiger partial charge < -0.3 is 15.6 Å². The molecule has 2 unspecified atom stereocenters. The maximum Gasteiger partial charge on any atom is 0.245 e. The molecule has 8 nitrogen and oxygen atoms in total. The minimum atomic E-state index is -3.79. The number of nitrogens with two attached hydrogens (primary N) is 1. The first-order valence-electron chi connectivity index (χ1n) is 5.87. The van der Waals surface area contributed by atoms with Gasteiger partial charge in [0.1, 0.15) is 10.5 Å². The molecule has 0 aliphatic carbocycles. The first kappa shape index (κ1) is 14.3. The zero-order chi connectivity index (χ0) is 14.3. The number of aliphatic hydroxyl groups is 1. The number of anilines is 1. The quantitative estimate of drug-likeness (QED) is 0.642. The average molecular weight is 290 g/mol. The van der Waals surface area contributed by atoms with Gasteiger partial charge in [-0.2, -0.15) is 5.10 Å². The topological polar surface area (TPSA) is 119 Å². The van der Waals surface area contributed by atoms with Crippen LogP contribution >= 0.6 is 0 Å². The number of nitrogens with zero attached hydrogens (tertiary/aromatic N) is 2. The zero-order valence-electron chi connectivity index (χ0n) is 10.8. The molecule has 0 aromatic carbocycles. The van der Waals surface area contributed by atoms with Crippen LogP contribution in [0.2, 0.25) is 0 Å². The molecule has 0 bridgehead atoms. The Morgan fingerprint density at radius 1 is 1.74 bits per heavy atom. The first-order valence-corrected chi connectivity index (χ1v) is 7.36. The summed E-state index contributed by atoms with van der Waals surface area (Å²) < 4.78 is 33.1. The second kappa shape index (κ2) is 4.75. The van der Waals surface area contributed by atoms with Crippen LogP contribution in [0.1, 0.15) is 13.3 Å². The van der Waals surface area contributed by atoms with E-state index in [1.54, 1.807) is 14.0 Å². The van der Waals surface area contributed by atoms with E-state index in [1.165, 1.54) is 10.9 Å². The molecular weight excluding hydrogens is 272 g/mol. The molecule has 0 amide bonds. The highest BCUT2D eigenvalue weighted by Gasteiger charge is 2.40. The van der Waals surface area contributed by atoms with Crippen LogP contribution in [0.25, 0.3) is 0 Å². The minimum Gasteiger partial charge on any atom is -0.386 e. The molecule has 1 fully saturated rings. The predicted octanol–water partition coefficient (Wildman–Crippen LogP) is -1.18. The number of nitrogens with one attached hydrogen (secondary N) is 1. The van der Waals surface area contributed by atoms with Gasteiger partial charge in [-0.1, -0.05) is 0 Å². The Kier molecular flexibility index (Phi) is 3.56. The van der Waals surface area contributed by atoms with E-state index >= 15 is 0 Å². The van der Waals surface area contributed by atoms with Crippen molar-refractivity contribution in [1.29, 1.82) is 0 Å². The monoisotopic (exact) mass is 290 g/mol. The molecule has 0 spiro atoms. The number of hydrogen-bond acceptors (Lipinski definition) is 6. The molecule has 2 heterocycles. The van der Waals surface area contributed by atoms with Gasteiger partial charge in [0.25, 0.3) is 0 Å². The van der Waals surface area contributed by atoms with E-state index in [4.69, 9.17) is 10.5 Å². The molecule has 1 aliphatic rings. The van der Waals surface area contributed by atoms with Crippen molar-refractivity contribution in [2.75, 3.05) is 18.9 Å². The number of rotatable bonds is 4. The van der Waals surface area contributed by atoms with E-state index in [0.29, 0.717) is 13.0 Å². The number of nitrogen functional groups attached to an aromatic ring is 1. The van der Waals surface area contributed by atoms with Crippen molar-refractivity contribution in [2.45, 2.75) is 29.9 Å². The molecule has 2 rings (SSSR count). The fourth-order valence-electron chi connectivity index (χ4n) is 1.99. The van der Waals surface area contributed by atoms with Crippen molar-refractivity contribution >= 4 is 15.8 Å². The van der Waals surface area contributed by atoms with Crippen molar-refractivity contribution in [1.82, 2.24) is 14.5 Å². The maximum absolute atomic E-state index is 12.1. The minimum absolute atomic E-state index is 0.0716. The highest BCUT2D eigenvalue weighted by Crippen LogP contribution is 2.25. The summed E-state index contributed by atoms with van der Waals surface area (Å²) in [5.74, 6) is -0.0716. The summed E-state index contributed by atoms with van der Waals surface area (Å²) in [4.78, 5) is -0.0924. The predicted molar refractivity (Wildman–Crippen MR) is 67.8 cm³/mol. The lowest BCUT2D eigenvalue weighted by Crippen LogP contribution is -2.47. The van der Waals surface area contributed by atoms with Crippen LogP contribution in [0.4, 0.5) is 5.82 Å². The molecule has 1 saturated heterocycles. The lowest BCUT2D eigenvalue weighted by molar-refractivity contribution is -0.0228. The van der Waals surface area contributed by atoms with E-state index in [-0.39, 0.29) is 17.3 Å². The van der Waals surface area contributed by atoms with Crippen molar-refractivity contribution in [3.63, 3.8) is 0 Å². The summed E-state index contributed by atoms with van der Waals surface area (Å²) in [5.41, 5.74) is 4.34. The van der Waals surface area contributed by atoms with Gasteiger partial charge in [0.05, 0.1) is 6.10 Å². The molecule has 19 heavy (non-hydrogen) atoms. The third-order valence-electron chi connectivity index (χ3n) is 3.34. The summed E-state index contributed by atoms with van der Waals surface area (Å²) in [7, 11) is -2.21. The fourth-order valence-corrected chi connectivity index (χ4v) is 3.19. The van der Waals surface area contributed by atoms with Gasteiger partial charge in [0.15, 0.2) is 5.82 Å². The van der Waals surface area contributed by atoms with Gasteiger partial charge in [-0.05, 0) is 6.92 Å². The van der Waals surface area contributed by atoms with Crippen molar-refractivity contribution < 1.29 is 18.3 Å².